The smallest absolute Gasteiger partial charge is 0.161 e. The van der Waals surface area contributed by atoms with Crippen molar-refractivity contribution in [2.75, 3.05) is 0 Å². The van der Waals surface area contributed by atoms with E-state index >= 15 is 0 Å². The van der Waals surface area contributed by atoms with E-state index in [9.17, 15) is 30.6 Å². The van der Waals surface area contributed by atoms with E-state index in [0.29, 0.717) is 45.4 Å². The van der Waals surface area contributed by atoms with Crippen LogP contribution in [0, 0.1) is 41.5 Å². The van der Waals surface area contributed by atoms with Crippen molar-refractivity contribution in [1.82, 2.24) is 0 Å². The Labute approximate surface area is 229 Å². The molecule has 0 saturated carbocycles. The number of aromatic hydroxyl groups is 6. The second kappa shape index (κ2) is 10.4. The fourth-order valence-electron chi connectivity index (χ4n) is 5.20. The van der Waals surface area contributed by atoms with Crippen molar-refractivity contribution < 1.29 is 30.6 Å². The van der Waals surface area contributed by atoms with Gasteiger partial charge in [-0.15, -0.1) is 0 Å². The van der Waals surface area contributed by atoms with Gasteiger partial charge in [0, 0.05) is 41.5 Å². The minimum Gasteiger partial charge on any atom is -0.508 e. The van der Waals surface area contributed by atoms with Gasteiger partial charge in [-0.25, -0.2) is 0 Å². The number of hydrogen-bond acceptors (Lipinski definition) is 6. The van der Waals surface area contributed by atoms with Crippen molar-refractivity contribution in [3.05, 3.63) is 103 Å². The summed E-state index contributed by atoms with van der Waals surface area (Å²) < 4.78 is 0. The zero-order chi connectivity index (χ0) is 28.8. The molecule has 0 unspecified atom stereocenters. The highest BCUT2D eigenvalue weighted by atomic mass is 16.3. The van der Waals surface area contributed by atoms with Crippen LogP contribution in [0.15, 0.2) is 36.4 Å². The van der Waals surface area contributed by atoms with Crippen LogP contribution in [0.5, 0.6) is 34.5 Å². The van der Waals surface area contributed by atoms with Gasteiger partial charge in [-0.1, -0.05) is 30.3 Å². The van der Waals surface area contributed by atoms with Crippen LogP contribution in [0.4, 0.5) is 0 Å². The van der Waals surface area contributed by atoms with Crippen molar-refractivity contribution in [1.29, 1.82) is 0 Å². The molecule has 204 valence electrons. The van der Waals surface area contributed by atoms with E-state index in [1.54, 1.807) is 32.0 Å². The molecule has 0 spiro atoms. The fraction of sp³-hybridized carbons (Fsp3) is 0.273. The van der Waals surface area contributed by atoms with Crippen LogP contribution < -0.4 is 0 Å². The molecule has 0 aromatic heterocycles. The molecule has 0 aliphatic heterocycles. The first-order valence-corrected chi connectivity index (χ1v) is 12.9. The van der Waals surface area contributed by atoms with Crippen LogP contribution in [-0.2, 0) is 19.3 Å². The van der Waals surface area contributed by atoms with E-state index in [0.717, 1.165) is 27.8 Å². The quantitative estimate of drug-likeness (QED) is 0.158. The predicted molar refractivity (Wildman–Crippen MR) is 153 cm³/mol. The minimum absolute atomic E-state index is 0.0117. The normalized spacial score (nSPS) is 11.2. The van der Waals surface area contributed by atoms with Crippen molar-refractivity contribution >= 4 is 0 Å². The van der Waals surface area contributed by atoms with Gasteiger partial charge in [-0.05, 0) is 92.1 Å². The summed E-state index contributed by atoms with van der Waals surface area (Å²) in [4.78, 5) is 0. The molecule has 0 heterocycles. The highest BCUT2D eigenvalue weighted by Crippen LogP contribution is 2.42. The SMILES string of the molecule is Cc1ccc(Cc2c(C)c(Cc3ccc(C)c(O)c3O)c(C)c(Cc3ccc(O)c(C)c3O)c2O)c(O)c1C. The van der Waals surface area contributed by atoms with Crippen LogP contribution in [0.3, 0.4) is 0 Å². The average molecular weight is 529 g/mol. The third kappa shape index (κ3) is 4.94. The van der Waals surface area contributed by atoms with Crippen LogP contribution >= 0.6 is 0 Å². The summed E-state index contributed by atoms with van der Waals surface area (Å²) in [6.07, 6.45) is 0.780. The summed E-state index contributed by atoms with van der Waals surface area (Å²) in [5.74, 6) is -0.124. The van der Waals surface area contributed by atoms with Gasteiger partial charge in [0.2, 0.25) is 0 Å². The summed E-state index contributed by atoms with van der Waals surface area (Å²) in [7, 11) is 0. The maximum atomic E-state index is 11.6. The first-order chi connectivity index (χ1) is 18.3. The average Bonchev–Trinajstić information content (AvgIpc) is 2.91. The van der Waals surface area contributed by atoms with E-state index in [1.807, 2.05) is 39.8 Å². The number of hydrogen-bond donors (Lipinski definition) is 6. The molecular formula is C33H36O6. The van der Waals surface area contributed by atoms with Gasteiger partial charge in [0.25, 0.3) is 0 Å². The number of phenolic OH excluding ortho intramolecular Hbond substituents is 6. The maximum Gasteiger partial charge on any atom is 0.161 e. The lowest BCUT2D eigenvalue weighted by molar-refractivity contribution is 0.397. The molecule has 0 bridgehead atoms. The van der Waals surface area contributed by atoms with Crippen LogP contribution in [0.1, 0.15) is 66.8 Å². The largest absolute Gasteiger partial charge is 0.508 e. The summed E-state index contributed by atoms with van der Waals surface area (Å²) in [5, 5.41) is 64.3. The Hall–Kier alpha value is -4.32. The monoisotopic (exact) mass is 528 g/mol. The summed E-state index contributed by atoms with van der Waals surface area (Å²) in [5.41, 5.74) is 8.17. The lowest BCUT2D eigenvalue weighted by atomic mass is 9.83. The molecule has 0 amide bonds. The van der Waals surface area contributed by atoms with Gasteiger partial charge in [0.1, 0.15) is 23.0 Å². The third-order valence-electron chi connectivity index (χ3n) is 8.19. The van der Waals surface area contributed by atoms with E-state index in [1.165, 1.54) is 6.07 Å². The second-order valence-corrected chi connectivity index (χ2v) is 10.5. The molecular weight excluding hydrogens is 492 g/mol. The van der Waals surface area contributed by atoms with E-state index < -0.39 is 0 Å². The summed E-state index contributed by atoms with van der Waals surface area (Å²) >= 11 is 0. The molecule has 6 N–H and O–H groups in total. The van der Waals surface area contributed by atoms with Crippen molar-refractivity contribution in [3.8, 4) is 34.5 Å². The van der Waals surface area contributed by atoms with Crippen molar-refractivity contribution in [3.63, 3.8) is 0 Å². The van der Waals surface area contributed by atoms with Crippen molar-refractivity contribution in [2.45, 2.75) is 60.8 Å². The first kappa shape index (κ1) is 27.7. The molecule has 0 atom stereocenters. The molecule has 6 heteroatoms. The molecule has 39 heavy (non-hydrogen) atoms. The van der Waals surface area contributed by atoms with E-state index in [2.05, 4.69) is 0 Å². The van der Waals surface area contributed by atoms with Gasteiger partial charge in [0.15, 0.2) is 11.5 Å². The van der Waals surface area contributed by atoms with Gasteiger partial charge >= 0.3 is 0 Å². The highest BCUT2D eigenvalue weighted by Gasteiger charge is 2.23. The topological polar surface area (TPSA) is 121 Å². The molecule has 4 aromatic rings. The second-order valence-electron chi connectivity index (χ2n) is 10.5. The Balaban J connectivity index is 1.93. The van der Waals surface area contributed by atoms with Gasteiger partial charge < -0.3 is 30.6 Å². The first-order valence-electron chi connectivity index (χ1n) is 12.9. The molecule has 0 radical (unpaired) electrons. The minimum atomic E-state index is -0.177. The molecule has 0 fully saturated rings. The number of benzene rings is 4. The van der Waals surface area contributed by atoms with Crippen molar-refractivity contribution in [2.24, 2.45) is 0 Å². The number of rotatable bonds is 6. The molecule has 0 saturated heterocycles. The van der Waals surface area contributed by atoms with Crippen LogP contribution in [0.25, 0.3) is 0 Å². The predicted octanol–water partition coefficient (Wildman–Crippen LogP) is 6.54. The lowest BCUT2D eigenvalue weighted by Gasteiger charge is -2.23. The van der Waals surface area contributed by atoms with Crippen LogP contribution in [-0.4, -0.2) is 30.6 Å². The third-order valence-corrected chi connectivity index (χ3v) is 8.19. The van der Waals surface area contributed by atoms with Gasteiger partial charge in [0.05, 0.1) is 0 Å². The Kier molecular flexibility index (Phi) is 7.42. The molecule has 4 aromatic carbocycles. The lowest BCUT2D eigenvalue weighted by Crippen LogP contribution is -2.08. The summed E-state index contributed by atoms with van der Waals surface area (Å²) in [6, 6.07) is 10.5. The van der Waals surface area contributed by atoms with Gasteiger partial charge in [-0.3, -0.25) is 0 Å². The van der Waals surface area contributed by atoms with Crippen LogP contribution in [0.2, 0.25) is 0 Å². The Morgan fingerprint density at radius 3 is 1.38 bits per heavy atom. The Bertz CT molecular complexity index is 1390. The molecule has 6 nitrogen and oxygen atoms in total. The number of aryl methyl sites for hydroxylation is 2. The van der Waals surface area contributed by atoms with E-state index in [-0.39, 0.29) is 47.3 Å². The zero-order valence-corrected chi connectivity index (χ0v) is 23.3. The number of phenols is 6. The van der Waals surface area contributed by atoms with Gasteiger partial charge in [-0.2, -0.15) is 0 Å². The zero-order valence-electron chi connectivity index (χ0n) is 23.3. The Morgan fingerprint density at radius 1 is 0.385 bits per heavy atom. The molecule has 0 aliphatic carbocycles. The fourth-order valence-corrected chi connectivity index (χ4v) is 5.20. The standard InChI is InChI=1S/C33H36O6/c1-16-7-9-22(30(36)18(16)3)14-26-19(4)25(13-24-10-8-17(2)29(35)32(24)38)20(5)27(33(26)39)15-23-11-12-28(34)21(6)31(23)37/h7-12,34-39H,13-15H2,1-6H3. The maximum absolute atomic E-state index is 11.6. The summed E-state index contributed by atoms with van der Waals surface area (Å²) in [6.45, 7) is 10.9. The van der Waals surface area contributed by atoms with E-state index in [4.69, 9.17) is 0 Å². The highest BCUT2D eigenvalue weighted by molar-refractivity contribution is 5.61. The molecule has 4 rings (SSSR count). The Morgan fingerprint density at radius 2 is 0.821 bits per heavy atom. The molecule has 0 aliphatic rings.